The Hall–Kier alpha value is -1.96. The van der Waals surface area contributed by atoms with Crippen molar-refractivity contribution in [1.29, 1.82) is 0 Å². The highest BCUT2D eigenvalue weighted by Crippen LogP contribution is 2.27. The smallest absolute Gasteiger partial charge is 0.269 e. The molecule has 2 N–H and O–H groups in total. The fourth-order valence-electron chi connectivity index (χ4n) is 1.40. The highest BCUT2D eigenvalue weighted by atomic mass is 32.2. The third kappa shape index (κ3) is 2.83. The van der Waals surface area contributed by atoms with Crippen molar-refractivity contribution in [2.45, 2.75) is 18.3 Å². The van der Waals surface area contributed by atoms with Crippen LogP contribution in [-0.2, 0) is 0 Å². The van der Waals surface area contributed by atoms with E-state index >= 15 is 0 Å². The number of nitro groups is 1. The first-order valence-corrected chi connectivity index (χ1v) is 6.09. The Morgan fingerprint density at radius 3 is 2.61 bits per heavy atom. The molecule has 0 saturated heterocycles. The molecule has 8 heteroatoms. The zero-order valence-electron chi connectivity index (χ0n) is 9.56. The van der Waals surface area contributed by atoms with E-state index in [4.69, 9.17) is 5.73 Å². The quantitative estimate of drug-likeness (QED) is 0.514. The van der Waals surface area contributed by atoms with Gasteiger partial charge in [0.05, 0.1) is 16.7 Å². The molecule has 0 saturated carbocycles. The van der Waals surface area contributed by atoms with Gasteiger partial charge in [0, 0.05) is 12.1 Å². The number of azo groups is 1. The van der Waals surface area contributed by atoms with E-state index in [1.807, 2.05) is 6.92 Å². The topological polar surface area (TPSA) is 106 Å². The number of benzene rings is 1. The van der Waals surface area contributed by atoms with Crippen LogP contribution in [0.4, 0.5) is 11.4 Å². The molecule has 0 aliphatic carbocycles. The Balaban J connectivity index is 2.04. The maximum Gasteiger partial charge on any atom is 0.269 e. The minimum Gasteiger partial charge on any atom is -0.378 e. The van der Waals surface area contributed by atoms with Gasteiger partial charge in [-0.05, 0) is 19.1 Å². The predicted molar refractivity (Wildman–Crippen MR) is 70.1 cm³/mol. The van der Waals surface area contributed by atoms with Gasteiger partial charge in [0.25, 0.3) is 5.69 Å². The number of aliphatic imine (C=N–C) groups is 1. The maximum absolute atomic E-state index is 10.5. The second-order valence-corrected chi connectivity index (χ2v) is 4.84. The van der Waals surface area contributed by atoms with Crippen LogP contribution in [0.25, 0.3) is 0 Å². The number of nitrogens with zero attached hydrogens (tertiary/aromatic N) is 4. The van der Waals surface area contributed by atoms with E-state index in [0.29, 0.717) is 10.9 Å². The molecule has 0 radical (unpaired) electrons. The molecule has 1 aliphatic rings. The lowest BCUT2D eigenvalue weighted by Crippen LogP contribution is -2.09. The van der Waals surface area contributed by atoms with Crippen LogP contribution >= 0.6 is 11.8 Å². The predicted octanol–water partition coefficient (Wildman–Crippen LogP) is 2.45. The number of non-ortho nitro benzene ring substituents is 1. The first-order chi connectivity index (χ1) is 8.56. The molecular weight excluding hydrogens is 254 g/mol. The summed E-state index contributed by atoms with van der Waals surface area (Å²) >= 11 is 1.36. The molecule has 2 atom stereocenters. The highest BCUT2D eigenvalue weighted by molar-refractivity contribution is 8.14. The molecule has 0 amide bonds. The summed E-state index contributed by atoms with van der Waals surface area (Å²) in [6.07, 6.45) is 0. The minimum absolute atomic E-state index is 0.00296. The molecule has 7 nitrogen and oxygen atoms in total. The fourth-order valence-corrected chi connectivity index (χ4v) is 2.23. The van der Waals surface area contributed by atoms with Gasteiger partial charge in [0.15, 0.2) is 5.17 Å². The second kappa shape index (κ2) is 5.13. The largest absolute Gasteiger partial charge is 0.378 e. The van der Waals surface area contributed by atoms with Crippen LogP contribution in [0, 0.1) is 10.1 Å². The van der Waals surface area contributed by atoms with Gasteiger partial charge in [-0.1, -0.05) is 11.8 Å². The minimum atomic E-state index is -0.454. The van der Waals surface area contributed by atoms with Crippen molar-refractivity contribution in [3.05, 3.63) is 34.4 Å². The van der Waals surface area contributed by atoms with Crippen LogP contribution < -0.4 is 5.73 Å². The first kappa shape index (κ1) is 12.5. The third-order valence-corrected chi connectivity index (χ3v) is 3.41. The van der Waals surface area contributed by atoms with Gasteiger partial charge in [-0.15, -0.1) is 0 Å². The van der Waals surface area contributed by atoms with Crippen molar-refractivity contribution in [2.24, 2.45) is 21.0 Å². The number of nitrogens with two attached hydrogens (primary N) is 1. The summed E-state index contributed by atoms with van der Waals surface area (Å²) in [5, 5.41) is 19.0. The molecule has 1 aliphatic heterocycles. The zero-order valence-corrected chi connectivity index (χ0v) is 10.4. The number of hydrogen-bond acceptors (Lipinski definition) is 7. The standard InChI is InChI=1S/C10H11N5O2S/c1-6-9(18-10(11)12-6)14-13-7-2-4-8(5-3-7)15(16)17/h2-6,9H,1H3,(H2,11,12). The molecule has 2 rings (SSSR count). The lowest BCUT2D eigenvalue weighted by molar-refractivity contribution is -0.384. The van der Waals surface area contributed by atoms with Crippen LogP contribution in [-0.4, -0.2) is 21.5 Å². The Bertz CT molecular complexity index is 514. The molecule has 0 bridgehead atoms. The van der Waals surface area contributed by atoms with Gasteiger partial charge in [-0.3, -0.25) is 15.1 Å². The Kier molecular flexibility index (Phi) is 3.56. The lowest BCUT2D eigenvalue weighted by Gasteiger charge is -2.04. The summed E-state index contributed by atoms with van der Waals surface area (Å²) in [6, 6.07) is 5.89. The molecule has 94 valence electrons. The molecule has 1 aromatic rings. The Morgan fingerprint density at radius 1 is 1.44 bits per heavy atom. The molecule has 1 heterocycles. The van der Waals surface area contributed by atoms with Crippen molar-refractivity contribution < 1.29 is 4.92 Å². The van der Waals surface area contributed by atoms with Gasteiger partial charge in [-0.25, -0.2) is 0 Å². The molecular formula is C10H11N5O2S. The van der Waals surface area contributed by atoms with E-state index in [0.717, 1.165) is 0 Å². The molecule has 0 spiro atoms. The van der Waals surface area contributed by atoms with Crippen LogP contribution in [0.1, 0.15) is 6.92 Å². The monoisotopic (exact) mass is 265 g/mol. The van der Waals surface area contributed by atoms with Crippen molar-refractivity contribution in [3.63, 3.8) is 0 Å². The number of hydrogen-bond donors (Lipinski definition) is 1. The van der Waals surface area contributed by atoms with E-state index in [1.54, 1.807) is 12.1 Å². The van der Waals surface area contributed by atoms with E-state index in [2.05, 4.69) is 15.2 Å². The molecule has 0 fully saturated rings. The molecule has 1 aromatic carbocycles. The van der Waals surface area contributed by atoms with Gasteiger partial charge < -0.3 is 5.73 Å². The number of rotatable bonds is 3. The SMILES string of the molecule is CC1N=C(N)SC1N=Nc1ccc([N+](=O)[O-])cc1. The van der Waals surface area contributed by atoms with Gasteiger partial charge in [-0.2, -0.15) is 10.2 Å². The fraction of sp³-hybridized carbons (Fsp3) is 0.300. The third-order valence-electron chi connectivity index (χ3n) is 2.33. The number of nitro benzene ring substituents is 1. The number of amidine groups is 1. The van der Waals surface area contributed by atoms with E-state index in [1.165, 1.54) is 23.9 Å². The van der Waals surface area contributed by atoms with E-state index in [-0.39, 0.29) is 17.1 Å². The van der Waals surface area contributed by atoms with E-state index < -0.39 is 4.92 Å². The van der Waals surface area contributed by atoms with Gasteiger partial charge in [0.2, 0.25) is 0 Å². The average molecular weight is 265 g/mol. The van der Waals surface area contributed by atoms with Crippen molar-refractivity contribution in [2.75, 3.05) is 0 Å². The summed E-state index contributed by atoms with van der Waals surface area (Å²) in [5.74, 6) is 0. The Morgan fingerprint density at radius 2 is 2.11 bits per heavy atom. The second-order valence-electron chi connectivity index (χ2n) is 3.71. The van der Waals surface area contributed by atoms with Crippen LogP contribution in [0.5, 0.6) is 0 Å². The molecule has 0 aromatic heterocycles. The molecule has 2 unspecified atom stereocenters. The molecule has 18 heavy (non-hydrogen) atoms. The van der Waals surface area contributed by atoms with Gasteiger partial charge >= 0.3 is 0 Å². The summed E-state index contributed by atoms with van der Waals surface area (Å²) in [7, 11) is 0. The summed E-state index contributed by atoms with van der Waals surface area (Å²) in [6.45, 7) is 1.91. The first-order valence-electron chi connectivity index (χ1n) is 5.21. The summed E-state index contributed by atoms with van der Waals surface area (Å²) < 4.78 is 0. The maximum atomic E-state index is 10.5. The lowest BCUT2D eigenvalue weighted by atomic mass is 10.3. The highest BCUT2D eigenvalue weighted by Gasteiger charge is 2.24. The van der Waals surface area contributed by atoms with Crippen LogP contribution in [0.15, 0.2) is 39.5 Å². The van der Waals surface area contributed by atoms with Crippen LogP contribution in [0.2, 0.25) is 0 Å². The van der Waals surface area contributed by atoms with Crippen molar-refractivity contribution in [3.8, 4) is 0 Å². The van der Waals surface area contributed by atoms with E-state index in [9.17, 15) is 10.1 Å². The summed E-state index contributed by atoms with van der Waals surface area (Å²) in [4.78, 5) is 14.2. The van der Waals surface area contributed by atoms with Gasteiger partial charge in [0.1, 0.15) is 5.37 Å². The zero-order chi connectivity index (χ0) is 13.1. The average Bonchev–Trinajstić information content (AvgIpc) is 2.66. The Labute approximate surface area is 107 Å². The normalized spacial score (nSPS) is 23.3. The summed E-state index contributed by atoms with van der Waals surface area (Å²) in [5.41, 5.74) is 6.17. The van der Waals surface area contributed by atoms with Crippen LogP contribution in [0.3, 0.4) is 0 Å². The number of thioether (sulfide) groups is 1. The van der Waals surface area contributed by atoms with Crippen molar-refractivity contribution >= 4 is 28.3 Å². The van der Waals surface area contributed by atoms with Crippen molar-refractivity contribution in [1.82, 2.24) is 0 Å².